The second-order valence-electron chi connectivity index (χ2n) is 7.31. The predicted octanol–water partition coefficient (Wildman–Crippen LogP) is 3.86. The molecule has 0 saturated carbocycles. The van der Waals surface area contributed by atoms with E-state index < -0.39 is 0 Å². The van der Waals surface area contributed by atoms with Gasteiger partial charge in [0, 0.05) is 41.5 Å². The number of hydrogen-bond acceptors (Lipinski definition) is 4. The minimum Gasteiger partial charge on any atom is -0.348 e. The van der Waals surface area contributed by atoms with Crippen LogP contribution in [0.25, 0.3) is 16.7 Å². The van der Waals surface area contributed by atoms with E-state index in [0.717, 1.165) is 28.8 Å². The summed E-state index contributed by atoms with van der Waals surface area (Å²) in [6.45, 7) is 5.42. The molecule has 7 nitrogen and oxygen atoms in total. The maximum Gasteiger partial charge on any atom is 0.253 e. The summed E-state index contributed by atoms with van der Waals surface area (Å²) in [4.78, 5) is 17.0. The van der Waals surface area contributed by atoms with Crippen LogP contribution in [0.1, 0.15) is 29.8 Å². The van der Waals surface area contributed by atoms with E-state index in [1.165, 1.54) is 0 Å². The summed E-state index contributed by atoms with van der Waals surface area (Å²) in [7, 11) is 0. The number of aromatic nitrogens is 5. The molecule has 1 aromatic carbocycles. The van der Waals surface area contributed by atoms with Gasteiger partial charge in [-0.25, -0.2) is 14.3 Å². The highest BCUT2D eigenvalue weighted by molar-refractivity contribution is 6.30. The minimum atomic E-state index is -0.185. The fourth-order valence-electron chi connectivity index (χ4n) is 3.05. The third-order valence-corrected chi connectivity index (χ3v) is 4.71. The first-order chi connectivity index (χ1) is 14.0. The maximum atomic E-state index is 12.5. The number of benzene rings is 1. The molecule has 8 heteroatoms. The van der Waals surface area contributed by atoms with Gasteiger partial charge in [-0.3, -0.25) is 4.79 Å². The van der Waals surface area contributed by atoms with Gasteiger partial charge >= 0.3 is 0 Å². The fourth-order valence-corrected chi connectivity index (χ4v) is 3.17. The number of fused-ring (bicyclic) bond motifs is 1. The lowest BCUT2D eigenvalue weighted by atomic mass is 10.2. The van der Waals surface area contributed by atoms with Crippen molar-refractivity contribution < 1.29 is 4.79 Å². The van der Waals surface area contributed by atoms with E-state index in [-0.39, 0.29) is 5.91 Å². The molecule has 4 rings (SSSR count). The number of hydrogen-bond donors (Lipinski definition) is 1. The Balaban J connectivity index is 1.42. The molecule has 29 heavy (non-hydrogen) atoms. The summed E-state index contributed by atoms with van der Waals surface area (Å²) in [5, 5.41) is 13.1. The number of halogens is 1. The highest BCUT2D eigenvalue weighted by Crippen LogP contribution is 2.15. The molecule has 0 bridgehead atoms. The Labute approximate surface area is 173 Å². The quantitative estimate of drug-likeness (QED) is 0.525. The summed E-state index contributed by atoms with van der Waals surface area (Å²) in [5.74, 6) is 0.284. The van der Waals surface area contributed by atoms with Gasteiger partial charge < -0.3 is 5.32 Å². The third kappa shape index (κ3) is 4.30. The Morgan fingerprint density at radius 1 is 1.14 bits per heavy atom. The molecule has 0 aliphatic heterocycles. The van der Waals surface area contributed by atoms with Gasteiger partial charge in [-0.2, -0.15) is 10.2 Å². The van der Waals surface area contributed by atoms with Crippen LogP contribution in [-0.4, -0.2) is 30.5 Å². The van der Waals surface area contributed by atoms with E-state index in [1.807, 2.05) is 41.2 Å². The molecule has 0 unspecified atom stereocenters. The van der Waals surface area contributed by atoms with Crippen LogP contribution >= 0.6 is 11.6 Å². The van der Waals surface area contributed by atoms with Gasteiger partial charge in [-0.15, -0.1) is 0 Å². The Kier molecular flexibility index (Phi) is 5.31. The SMILES string of the molecule is CC(C)Cn1ncc2cc(C(=O)NCc3cnn(-c4ccc(Cl)cc4)c3)cnc21. The summed E-state index contributed by atoms with van der Waals surface area (Å²) in [5.41, 5.74) is 3.10. The van der Waals surface area contributed by atoms with Gasteiger partial charge in [-0.1, -0.05) is 25.4 Å². The second-order valence-corrected chi connectivity index (χ2v) is 7.75. The Bertz CT molecular complexity index is 1150. The van der Waals surface area contributed by atoms with Crippen LogP contribution < -0.4 is 5.32 Å². The van der Waals surface area contributed by atoms with Crippen LogP contribution in [0.4, 0.5) is 0 Å². The zero-order valence-corrected chi connectivity index (χ0v) is 17.0. The van der Waals surface area contributed by atoms with Gasteiger partial charge in [0.15, 0.2) is 5.65 Å². The number of carbonyl (C=O) groups is 1. The van der Waals surface area contributed by atoms with Crippen molar-refractivity contribution in [3.8, 4) is 5.69 Å². The molecule has 0 saturated heterocycles. The number of carbonyl (C=O) groups excluding carboxylic acids is 1. The number of rotatable bonds is 6. The van der Waals surface area contributed by atoms with E-state index in [2.05, 4.69) is 34.3 Å². The van der Waals surface area contributed by atoms with Gasteiger partial charge in [-0.05, 0) is 36.2 Å². The van der Waals surface area contributed by atoms with Gasteiger partial charge in [0.1, 0.15) is 0 Å². The van der Waals surface area contributed by atoms with Gasteiger partial charge in [0.2, 0.25) is 0 Å². The van der Waals surface area contributed by atoms with Gasteiger partial charge in [0.05, 0.1) is 23.6 Å². The van der Waals surface area contributed by atoms with Crippen LogP contribution in [0.5, 0.6) is 0 Å². The monoisotopic (exact) mass is 408 g/mol. The van der Waals surface area contributed by atoms with E-state index in [0.29, 0.717) is 23.0 Å². The summed E-state index contributed by atoms with van der Waals surface area (Å²) >= 11 is 5.92. The molecule has 1 N–H and O–H groups in total. The Morgan fingerprint density at radius 2 is 1.93 bits per heavy atom. The van der Waals surface area contributed by atoms with Crippen LogP contribution in [0, 0.1) is 5.92 Å². The first-order valence-corrected chi connectivity index (χ1v) is 9.76. The zero-order chi connectivity index (χ0) is 20.4. The fraction of sp³-hybridized carbons (Fsp3) is 0.238. The maximum absolute atomic E-state index is 12.5. The lowest BCUT2D eigenvalue weighted by Gasteiger charge is -2.06. The molecule has 0 aliphatic carbocycles. The first kappa shape index (κ1) is 19.1. The van der Waals surface area contributed by atoms with E-state index in [1.54, 1.807) is 23.3 Å². The van der Waals surface area contributed by atoms with Crippen molar-refractivity contribution in [2.75, 3.05) is 0 Å². The summed E-state index contributed by atoms with van der Waals surface area (Å²) in [6.07, 6.45) is 6.94. The standard InChI is InChI=1S/C21H21ClN6O/c1-14(2)12-28-20-16(11-26-28)7-17(10-23-20)21(29)24-8-15-9-25-27(13-15)19-5-3-18(22)4-6-19/h3-7,9-11,13-14H,8,12H2,1-2H3,(H,24,29). The molecule has 0 spiro atoms. The minimum absolute atomic E-state index is 0.185. The van der Waals surface area contributed by atoms with E-state index in [9.17, 15) is 4.79 Å². The van der Waals surface area contributed by atoms with Crippen molar-refractivity contribution in [1.29, 1.82) is 0 Å². The molecule has 3 heterocycles. The highest BCUT2D eigenvalue weighted by Gasteiger charge is 2.11. The molecule has 0 aliphatic rings. The normalized spacial score (nSPS) is 11.3. The van der Waals surface area contributed by atoms with Crippen molar-refractivity contribution >= 4 is 28.5 Å². The van der Waals surface area contributed by atoms with Gasteiger partial charge in [0.25, 0.3) is 5.91 Å². The summed E-state index contributed by atoms with van der Waals surface area (Å²) < 4.78 is 3.61. The molecule has 1 amide bonds. The lowest BCUT2D eigenvalue weighted by Crippen LogP contribution is -2.22. The van der Waals surface area contributed by atoms with E-state index >= 15 is 0 Å². The number of nitrogens with one attached hydrogen (secondary N) is 1. The molecule has 0 fully saturated rings. The lowest BCUT2D eigenvalue weighted by molar-refractivity contribution is 0.0950. The molecule has 0 atom stereocenters. The van der Waals surface area contributed by atoms with Crippen molar-refractivity contribution in [2.45, 2.75) is 26.9 Å². The zero-order valence-electron chi connectivity index (χ0n) is 16.2. The van der Waals surface area contributed by atoms with Crippen LogP contribution in [0.15, 0.2) is 55.1 Å². The van der Waals surface area contributed by atoms with Crippen molar-refractivity contribution in [3.63, 3.8) is 0 Å². The van der Waals surface area contributed by atoms with Crippen LogP contribution in [0.3, 0.4) is 0 Å². The second kappa shape index (κ2) is 8.05. The molecule has 0 radical (unpaired) electrons. The first-order valence-electron chi connectivity index (χ1n) is 9.39. The predicted molar refractivity (Wildman–Crippen MR) is 112 cm³/mol. The van der Waals surface area contributed by atoms with Crippen molar-refractivity contribution in [1.82, 2.24) is 29.9 Å². The molecule has 3 aromatic heterocycles. The Hall–Kier alpha value is -3.19. The third-order valence-electron chi connectivity index (χ3n) is 4.46. The molecular formula is C21H21ClN6O. The largest absolute Gasteiger partial charge is 0.348 e. The molecular weight excluding hydrogens is 388 g/mol. The average molecular weight is 409 g/mol. The van der Waals surface area contributed by atoms with Crippen molar-refractivity contribution in [2.24, 2.45) is 5.92 Å². The molecule has 148 valence electrons. The smallest absolute Gasteiger partial charge is 0.253 e. The van der Waals surface area contributed by atoms with Crippen LogP contribution in [0.2, 0.25) is 5.02 Å². The van der Waals surface area contributed by atoms with E-state index in [4.69, 9.17) is 11.6 Å². The van der Waals surface area contributed by atoms with Crippen LogP contribution in [-0.2, 0) is 13.1 Å². The van der Waals surface area contributed by atoms with Crippen molar-refractivity contribution in [3.05, 3.63) is 71.3 Å². The summed E-state index contributed by atoms with van der Waals surface area (Å²) in [6, 6.07) is 9.22. The highest BCUT2D eigenvalue weighted by atomic mass is 35.5. The number of nitrogens with zero attached hydrogens (tertiary/aromatic N) is 5. The Morgan fingerprint density at radius 3 is 2.69 bits per heavy atom. The molecule has 4 aromatic rings. The average Bonchev–Trinajstić information content (AvgIpc) is 3.33. The topological polar surface area (TPSA) is 77.6 Å². The number of pyridine rings is 1. The number of amides is 1.